The Bertz CT molecular complexity index is 597. The van der Waals surface area contributed by atoms with Crippen LogP contribution in [0.2, 0.25) is 0 Å². The number of halogens is 1. The number of aromatic nitrogens is 3. The van der Waals surface area contributed by atoms with Gasteiger partial charge in [-0.05, 0) is 12.1 Å². The molecule has 0 bridgehead atoms. The summed E-state index contributed by atoms with van der Waals surface area (Å²) in [5, 5.41) is 8.77. The van der Waals surface area contributed by atoms with Crippen molar-refractivity contribution >= 4 is 11.6 Å². The van der Waals surface area contributed by atoms with Crippen LogP contribution in [0.5, 0.6) is 5.75 Å². The van der Waals surface area contributed by atoms with E-state index in [1.807, 2.05) is 6.92 Å². The molecule has 7 heteroatoms. The zero-order valence-electron chi connectivity index (χ0n) is 10.5. The van der Waals surface area contributed by atoms with Crippen molar-refractivity contribution in [3.63, 3.8) is 0 Å². The molecule has 0 unspecified atom stereocenters. The van der Waals surface area contributed by atoms with Crippen LogP contribution < -0.4 is 10.1 Å². The van der Waals surface area contributed by atoms with Crippen molar-refractivity contribution in [2.24, 2.45) is 0 Å². The molecule has 0 saturated heterocycles. The van der Waals surface area contributed by atoms with Crippen LogP contribution in [0.3, 0.4) is 0 Å². The van der Waals surface area contributed by atoms with E-state index >= 15 is 0 Å². The van der Waals surface area contributed by atoms with Crippen molar-refractivity contribution in [2.75, 3.05) is 12.4 Å². The lowest BCUT2D eigenvalue weighted by Crippen LogP contribution is -2.15. The van der Waals surface area contributed by atoms with Crippen molar-refractivity contribution in [1.29, 1.82) is 0 Å². The van der Waals surface area contributed by atoms with E-state index in [-0.39, 0.29) is 11.5 Å². The molecule has 0 radical (unpaired) electrons. The predicted octanol–water partition coefficient (Wildman–Crippen LogP) is 1.77. The molecule has 1 heterocycles. The first-order valence-corrected chi connectivity index (χ1v) is 5.70. The summed E-state index contributed by atoms with van der Waals surface area (Å²) in [6.07, 6.45) is 0.633. The zero-order valence-corrected chi connectivity index (χ0v) is 10.5. The van der Waals surface area contributed by atoms with E-state index in [9.17, 15) is 9.18 Å². The molecule has 0 atom stereocenters. The van der Waals surface area contributed by atoms with E-state index in [0.717, 1.165) is 0 Å². The van der Waals surface area contributed by atoms with E-state index in [2.05, 4.69) is 20.5 Å². The molecule has 1 aromatic carbocycles. The number of carbonyl (C=O) groups is 1. The number of rotatable bonds is 4. The molecule has 0 spiro atoms. The minimum absolute atomic E-state index is 0.0206. The predicted molar refractivity (Wildman–Crippen MR) is 66.7 cm³/mol. The van der Waals surface area contributed by atoms with Gasteiger partial charge in [0, 0.05) is 12.5 Å². The number of nitrogens with zero attached hydrogens (tertiary/aromatic N) is 2. The maximum Gasteiger partial charge on any atom is 0.295 e. The van der Waals surface area contributed by atoms with Crippen LogP contribution in [0.25, 0.3) is 0 Å². The quantitative estimate of drug-likeness (QED) is 0.882. The number of amides is 1. The van der Waals surface area contributed by atoms with Gasteiger partial charge in [0.05, 0.1) is 12.8 Å². The molecule has 0 fully saturated rings. The van der Waals surface area contributed by atoms with E-state index in [1.165, 1.54) is 25.3 Å². The highest BCUT2D eigenvalue weighted by Gasteiger charge is 2.14. The topological polar surface area (TPSA) is 79.9 Å². The van der Waals surface area contributed by atoms with Gasteiger partial charge in [-0.3, -0.25) is 9.89 Å². The normalized spacial score (nSPS) is 10.3. The Hall–Kier alpha value is -2.44. The summed E-state index contributed by atoms with van der Waals surface area (Å²) in [5.74, 6) is -0.125. The number of hydrogen-bond donors (Lipinski definition) is 2. The van der Waals surface area contributed by atoms with Crippen molar-refractivity contribution in [2.45, 2.75) is 13.3 Å². The van der Waals surface area contributed by atoms with Crippen molar-refractivity contribution in [1.82, 2.24) is 15.2 Å². The van der Waals surface area contributed by atoms with Gasteiger partial charge >= 0.3 is 0 Å². The maximum absolute atomic E-state index is 13.5. The van der Waals surface area contributed by atoms with Crippen LogP contribution in [0.4, 0.5) is 10.1 Å². The molecule has 19 heavy (non-hydrogen) atoms. The molecule has 0 aliphatic carbocycles. The molecule has 6 nitrogen and oxygen atoms in total. The smallest absolute Gasteiger partial charge is 0.295 e. The molecule has 100 valence electrons. The Balaban J connectivity index is 2.18. The summed E-state index contributed by atoms with van der Waals surface area (Å²) in [5.41, 5.74) is 0.0206. The molecular formula is C12H13FN4O2. The number of aromatic amines is 1. The second-order valence-corrected chi connectivity index (χ2v) is 3.76. The minimum atomic E-state index is -0.580. The Labute approximate surface area is 109 Å². The Morgan fingerprint density at radius 3 is 2.95 bits per heavy atom. The van der Waals surface area contributed by atoms with Gasteiger partial charge in [-0.25, -0.2) is 9.37 Å². The van der Waals surface area contributed by atoms with E-state index in [1.54, 1.807) is 0 Å². The van der Waals surface area contributed by atoms with E-state index in [0.29, 0.717) is 18.0 Å². The minimum Gasteiger partial charge on any atom is -0.497 e. The lowest BCUT2D eigenvalue weighted by atomic mass is 10.3. The highest BCUT2D eigenvalue weighted by Crippen LogP contribution is 2.21. The van der Waals surface area contributed by atoms with Gasteiger partial charge in [-0.2, -0.15) is 0 Å². The largest absolute Gasteiger partial charge is 0.497 e. The highest BCUT2D eigenvalue weighted by atomic mass is 19.1. The Morgan fingerprint density at radius 2 is 2.32 bits per heavy atom. The number of nitrogens with one attached hydrogen (secondary N) is 2. The fraction of sp³-hybridized carbons (Fsp3) is 0.250. The summed E-state index contributed by atoms with van der Waals surface area (Å²) in [7, 11) is 1.46. The monoisotopic (exact) mass is 264 g/mol. The van der Waals surface area contributed by atoms with Crippen LogP contribution in [0.15, 0.2) is 18.2 Å². The Morgan fingerprint density at radius 1 is 1.53 bits per heavy atom. The summed E-state index contributed by atoms with van der Waals surface area (Å²) >= 11 is 0. The average molecular weight is 264 g/mol. The average Bonchev–Trinajstić information content (AvgIpc) is 2.90. The highest BCUT2D eigenvalue weighted by molar-refractivity contribution is 6.01. The van der Waals surface area contributed by atoms with Gasteiger partial charge in [0.25, 0.3) is 5.91 Å². The number of methoxy groups -OCH3 is 1. The van der Waals surface area contributed by atoms with Crippen LogP contribution in [-0.4, -0.2) is 28.2 Å². The number of hydrogen-bond acceptors (Lipinski definition) is 4. The molecule has 1 aromatic heterocycles. The third-order valence-corrected chi connectivity index (χ3v) is 2.49. The molecule has 2 rings (SSSR count). The lowest BCUT2D eigenvalue weighted by molar-refractivity contribution is 0.101. The van der Waals surface area contributed by atoms with Crippen molar-refractivity contribution < 1.29 is 13.9 Å². The van der Waals surface area contributed by atoms with Crippen LogP contribution >= 0.6 is 0 Å². The number of H-pyrrole nitrogens is 1. The first-order chi connectivity index (χ1) is 9.13. The van der Waals surface area contributed by atoms with Gasteiger partial charge in [0.15, 0.2) is 0 Å². The fourth-order valence-corrected chi connectivity index (χ4v) is 1.46. The van der Waals surface area contributed by atoms with Crippen LogP contribution in [-0.2, 0) is 6.42 Å². The second kappa shape index (κ2) is 5.47. The first kappa shape index (κ1) is 13.0. The molecule has 0 aliphatic rings. The van der Waals surface area contributed by atoms with Gasteiger partial charge in [-0.15, -0.1) is 5.10 Å². The molecule has 2 aromatic rings. The number of benzene rings is 1. The zero-order chi connectivity index (χ0) is 13.8. The van der Waals surface area contributed by atoms with Crippen LogP contribution in [0.1, 0.15) is 23.4 Å². The number of aryl methyl sites for hydroxylation is 1. The van der Waals surface area contributed by atoms with Crippen molar-refractivity contribution in [3.05, 3.63) is 35.7 Å². The Kier molecular flexibility index (Phi) is 3.74. The fourth-order valence-electron chi connectivity index (χ4n) is 1.46. The number of ether oxygens (including phenoxy) is 1. The maximum atomic E-state index is 13.5. The van der Waals surface area contributed by atoms with Gasteiger partial charge in [0.1, 0.15) is 17.4 Å². The molecule has 1 amide bonds. The summed E-state index contributed by atoms with van der Waals surface area (Å²) in [4.78, 5) is 15.8. The third kappa shape index (κ3) is 2.87. The standard InChI is InChI=1S/C12H13FN4O2/c1-3-10-15-11(17-16-10)12(18)14-9-6-7(19-2)4-5-8(9)13/h4-6H,3H2,1-2H3,(H,14,18)(H,15,16,17). The summed E-state index contributed by atoms with van der Waals surface area (Å²) in [6, 6.07) is 4.07. The molecule has 0 aliphatic heterocycles. The number of anilines is 1. The summed E-state index contributed by atoms with van der Waals surface area (Å²) in [6.45, 7) is 1.88. The van der Waals surface area contributed by atoms with E-state index in [4.69, 9.17) is 4.74 Å². The second-order valence-electron chi connectivity index (χ2n) is 3.76. The van der Waals surface area contributed by atoms with Gasteiger partial charge in [-0.1, -0.05) is 6.92 Å². The van der Waals surface area contributed by atoms with Gasteiger partial charge in [0.2, 0.25) is 5.82 Å². The van der Waals surface area contributed by atoms with Gasteiger partial charge < -0.3 is 10.1 Å². The van der Waals surface area contributed by atoms with Crippen molar-refractivity contribution in [3.8, 4) is 5.75 Å². The molecular weight excluding hydrogens is 251 g/mol. The SMILES string of the molecule is CCc1nc(C(=O)Nc2cc(OC)ccc2F)n[nH]1. The number of carbonyl (C=O) groups excluding carboxylic acids is 1. The summed E-state index contributed by atoms with van der Waals surface area (Å²) < 4.78 is 18.5. The van der Waals surface area contributed by atoms with E-state index < -0.39 is 11.7 Å². The third-order valence-electron chi connectivity index (χ3n) is 2.49. The van der Waals surface area contributed by atoms with Crippen LogP contribution in [0, 0.1) is 5.82 Å². The lowest BCUT2D eigenvalue weighted by Gasteiger charge is -2.06. The molecule has 0 saturated carbocycles. The first-order valence-electron chi connectivity index (χ1n) is 5.70. The molecule has 2 N–H and O–H groups in total.